The summed E-state index contributed by atoms with van der Waals surface area (Å²) in [7, 11) is 0. The summed E-state index contributed by atoms with van der Waals surface area (Å²) in [5.74, 6) is -1.67. The van der Waals surface area contributed by atoms with Crippen LogP contribution >= 0.6 is 0 Å². The first-order valence-electron chi connectivity index (χ1n) is 7.36. The minimum atomic E-state index is -0.868. The molecule has 118 valence electrons. The van der Waals surface area contributed by atoms with Crippen molar-refractivity contribution >= 4 is 17.7 Å². The number of aliphatic carboxylic acids is 1. The Morgan fingerprint density at radius 1 is 1.04 bits per heavy atom. The lowest BCUT2D eigenvalue weighted by Gasteiger charge is -2.15. The molecule has 1 aromatic heterocycles. The van der Waals surface area contributed by atoms with E-state index in [0.717, 1.165) is 0 Å². The van der Waals surface area contributed by atoms with Crippen LogP contribution in [-0.4, -0.2) is 45.7 Å². The minimum Gasteiger partial charge on any atom is -0.481 e. The van der Waals surface area contributed by atoms with E-state index in [2.05, 4.69) is 4.98 Å². The Kier molecular flexibility index (Phi) is 3.97. The number of hydrogen-bond donors (Lipinski definition) is 2. The molecule has 6 heteroatoms. The van der Waals surface area contributed by atoms with Gasteiger partial charge in [0.05, 0.1) is 5.92 Å². The van der Waals surface area contributed by atoms with Gasteiger partial charge in [0.1, 0.15) is 0 Å². The highest BCUT2D eigenvalue weighted by molar-refractivity contribution is 6.09. The standard InChI is InChI=1S/C17H16N2O4/c20-15(13-5-7-18-9-13)11-1-3-12(4-2-11)16(21)19-8-6-14(10-19)17(22)23/h1-5,7,9,14,18H,6,8,10H2,(H,22,23). The first kappa shape index (κ1) is 15.0. The third-order valence-electron chi connectivity index (χ3n) is 4.08. The lowest BCUT2D eigenvalue weighted by atomic mass is 10.0. The third kappa shape index (κ3) is 3.01. The number of likely N-dealkylation sites (tertiary alicyclic amines) is 1. The molecule has 23 heavy (non-hydrogen) atoms. The molecule has 1 saturated heterocycles. The number of aromatic amines is 1. The minimum absolute atomic E-state index is 0.114. The maximum atomic E-state index is 12.4. The maximum absolute atomic E-state index is 12.4. The molecule has 1 fully saturated rings. The molecule has 0 bridgehead atoms. The second-order valence-electron chi connectivity index (χ2n) is 5.58. The first-order chi connectivity index (χ1) is 11.1. The van der Waals surface area contributed by atoms with E-state index in [0.29, 0.717) is 29.7 Å². The van der Waals surface area contributed by atoms with Gasteiger partial charge in [0.2, 0.25) is 0 Å². The third-order valence-corrected chi connectivity index (χ3v) is 4.08. The van der Waals surface area contributed by atoms with Crippen LogP contribution in [0.5, 0.6) is 0 Å². The van der Waals surface area contributed by atoms with Gasteiger partial charge < -0.3 is 15.0 Å². The van der Waals surface area contributed by atoms with Crippen molar-refractivity contribution < 1.29 is 19.5 Å². The summed E-state index contributed by atoms with van der Waals surface area (Å²) in [4.78, 5) is 39.9. The molecule has 2 aromatic rings. The fourth-order valence-corrected chi connectivity index (χ4v) is 2.72. The summed E-state index contributed by atoms with van der Waals surface area (Å²) >= 11 is 0. The maximum Gasteiger partial charge on any atom is 0.308 e. The normalized spacial score (nSPS) is 17.2. The topological polar surface area (TPSA) is 90.5 Å². The van der Waals surface area contributed by atoms with Gasteiger partial charge in [-0.2, -0.15) is 0 Å². The van der Waals surface area contributed by atoms with E-state index in [1.807, 2.05) is 0 Å². The monoisotopic (exact) mass is 312 g/mol. The van der Waals surface area contributed by atoms with Crippen molar-refractivity contribution in [2.45, 2.75) is 6.42 Å². The highest BCUT2D eigenvalue weighted by Crippen LogP contribution is 2.19. The van der Waals surface area contributed by atoms with E-state index < -0.39 is 11.9 Å². The molecule has 6 nitrogen and oxygen atoms in total. The number of nitrogens with zero attached hydrogens (tertiary/aromatic N) is 1. The average molecular weight is 312 g/mol. The number of benzene rings is 1. The lowest BCUT2D eigenvalue weighted by molar-refractivity contribution is -0.141. The van der Waals surface area contributed by atoms with E-state index in [4.69, 9.17) is 5.11 Å². The summed E-state index contributed by atoms with van der Waals surface area (Å²) in [6.07, 6.45) is 3.78. The molecular weight excluding hydrogens is 296 g/mol. The van der Waals surface area contributed by atoms with Crippen molar-refractivity contribution in [1.29, 1.82) is 0 Å². The number of hydrogen-bond acceptors (Lipinski definition) is 3. The van der Waals surface area contributed by atoms with Crippen LogP contribution in [-0.2, 0) is 4.79 Å². The molecule has 1 aliphatic heterocycles. The highest BCUT2D eigenvalue weighted by atomic mass is 16.4. The number of rotatable bonds is 4. The number of amides is 1. The van der Waals surface area contributed by atoms with Crippen LogP contribution in [0.4, 0.5) is 0 Å². The van der Waals surface area contributed by atoms with Gasteiger partial charge in [0, 0.05) is 42.2 Å². The Morgan fingerprint density at radius 3 is 2.30 bits per heavy atom. The van der Waals surface area contributed by atoms with Crippen molar-refractivity contribution in [2.24, 2.45) is 5.92 Å². The zero-order valence-electron chi connectivity index (χ0n) is 12.4. The molecule has 2 heterocycles. The number of aromatic nitrogens is 1. The van der Waals surface area contributed by atoms with E-state index in [1.54, 1.807) is 47.6 Å². The smallest absolute Gasteiger partial charge is 0.308 e. The molecule has 0 radical (unpaired) electrons. The molecular formula is C17H16N2O4. The summed E-state index contributed by atoms with van der Waals surface area (Å²) < 4.78 is 0. The van der Waals surface area contributed by atoms with Gasteiger partial charge in [0.15, 0.2) is 5.78 Å². The van der Waals surface area contributed by atoms with Gasteiger partial charge in [-0.1, -0.05) is 12.1 Å². The molecule has 1 atom stereocenters. The Labute approximate surface area is 132 Å². The predicted octanol–water partition coefficient (Wildman–Crippen LogP) is 1.79. The van der Waals surface area contributed by atoms with Crippen LogP contribution in [0.2, 0.25) is 0 Å². The van der Waals surface area contributed by atoms with E-state index in [9.17, 15) is 14.4 Å². The molecule has 3 rings (SSSR count). The largest absolute Gasteiger partial charge is 0.481 e. The molecule has 2 N–H and O–H groups in total. The molecule has 1 unspecified atom stereocenters. The number of ketones is 1. The Hall–Kier alpha value is -2.89. The molecule has 0 aliphatic carbocycles. The Balaban J connectivity index is 1.71. The van der Waals surface area contributed by atoms with Gasteiger partial charge in [-0.25, -0.2) is 0 Å². The van der Waals surface area contributed by atoms with Crippen molar-refractivity contribution in [3.8, 4) is 0 Å². The van der Waals surface area contributed by atoms with Crippen molar-refractivity contribution in [3.63, 3.8) is 0 Å². The summed E-state index contributed by atoms with van der Waals surface area (Å²) in [5, 5.41) is 8.99. The number of carbonyl (C=O) groups excluding carboxylic acids is 2. The van der Waals surface area contributed by atoms with Gasteiger partial charge >= 0.3 is 5.97 Å². The zero-order valence-corrected chi connectivity index (χ0v) is 12.4. The van der Waals surface area contributed by atoms with Crippen LogP contribution < -0.4 is 0 Å². The van der Waals surface area contributed by atoms with Crippen LogP contribution in [0.25, 0.3) is 0 Å². The van der Waals surface area contributed by atoms with Gasteiger partial charge in [0.25, 0.3) is 5.91 Å². The SMILES string of the molecule is O=C(c1ccc(C(=O)N2CCC(C(=O)O)C2)cc1)c1cc[nH]c1. The van der Waals surface area contributed by atoms with Crippen molar-refractivity contribution in [1.82, 2.24) is 9.88 Å². The van der Waals surface area contributed by atoms with Crippen LogP contribution in [0.3, 0.4) is 0 Å². The number of carbonyl (C=O) groups is 3. The summed E-state index contributed by atoms with van der Waals surface area (Å²) in [5.41, 5.74) is 1.53. The highest BCUT2D eigenvalue weighted by Gasteiger charge is 2.31. The second-order valence-corrected chi connectivity index (χ2v) is 5.58. The fourth-order valence-electron chi connectivity index (χ4n) is 2.72. The molecule has 1 aromatic carbocycles. The van der Waals surface area contributed by atoms with Gasteiger partial charge in [-0.3, -0.25) is 14.4 Å². The molecule has 0 spiro atoms. The predicted molar refractivity (Wildman–Crippen MR) is 82.3 cm³/mol. The van der Waals surface area contributed by atoms with Crippen LogP contribution in [0, 0.1) is 5.92 Å². The lowest BCUT2D eigenvalue weighted by Crippen LogP contribution is -2.29. The number of H-pyrrole nitrogens is 1. The summed E-state index contributed by atoms with van der Waals surface area (Å²) in [6.45, 7) is 0.679. The van der Waals surface area contributed by atoms with Crippen LogP contribution in [0.1, 0.15) is 32.7 Å². The average Bonchev–Trinajstić information content (AvgIpc) is 3.25. The van der Waals surface area contributed by atoms with Crippen LogP contribution in [0.15, 0.2) is 42.7 Å². The second kappa shape index (κ2) is 6.08. The van der Waals surface area contributed by atoms with E-state index in [1.165, 1.54) is 0 Å². The van der Waals surface area contributed by atoms with E-state index >= 15 is 0 Å². The fraction of sp³-hybridized carbons (Fsp3) is 0.235. The van der Waals surface area contributed by atoms with Crippen molar-refractivity contribution in [3.05, 3.63) is 59.4 Å². The number of carboxylic acids is 1. The Morgan fingerprint density at radius 2 is 1.74 bits per heavy atom. The van der Waals surface area contributed by atoms with Gasteiger partial charge in [-0.05, 0) is 24.6 Å². The number of nitrogens with one attached hydrogen (secondary N) is 1. The quantitative estimate of drug-likeness (QED) is 0.842. The first-order valence-corrected chi connectivity index (χ1v) is 7.36. The Bertz CT molecular complexity index is 734. The van der Waals surface area contributed by atoms with E-state index in [-0.39, 0.29) is 18.2 Å². The van der Waals surface area contributed by atoms with Gasteiger partial charge in [-0.15, -0.1) is 0 Å². The zero-order chi connectivity index (χ0) is 16.4. The number of carboxylic acid groups (broad SMARTS) is 1. The molecule has 0 saturated carbocycles. The summed E-state index contributed by atoms with van der Waals surface area (Å²) in [6, 6.07) is 8.14. The molecule has 1 aliphatic rings. The van der Waals surface area contributed by atoms with Crippen molar-refractivity contribution in [2.75, 3.05) is 13.1 Å². The molecule has 1 amide bonds.